The lowest BCUT2D eigenvalue weighted by Crippen LogP contribution is -2.49. The molecule has 1 unspecified atom stereocenters. The maximum absolute atomic E-state index is 12.7. The Morgan fingerprint density at radius 2 is 1.63 bits per heavy atom. The van der Waals surface area contributed by atoms with Gasteiger partial charge in [-0.2, -0.15) is 0 Å². The van der Waals surface area contributed by atoms with Gasteiger partial charge in [0.1, 0.15) is 0 Å². The summed E-state index contributed by atoms with van der Waals surface area (Å²) in [5.74, 6) is -1.61. The SMILES string of the molecule is CCCC(=O)N1CCCC(C(=O)N(C)CC(=O)N2CCC(C(=O)O)CC2)C1. The minimum Gasteiger partial charge on any atom is -0.481 e. The van der Waals surface area contributed by atoms with Gasteiger partial charge in [-0.1, -0.05) is 6.92 Å². The molecule has 0 radical (unpaired) electrons. The highest BCUT2D eigenvalue weighted by Crippen LogP contribution is 2.20. The molecule has 2 aliphatic heterocycles. The summed E-state index contributed by atoms with van der Waals surface area (Å²) in [4.78, 5) is 53.1. The molecule has 3 amide bonds. The van der Waals surface area contributed by atoms with Crippen molar-refractivity contribution in [2.75, 3.05) is 39.8 Å². The second kappa shape index (κ2) is 9.71. The smallest absolute Gasteiger partial charge is 0.306 e. The average molecular weight is 381 g/mol. The van der Waals surface area contributed by atoms with Crippen LogP contribution in [0.4, 0.5) is 0 Å². The number of carboxylic acid groups (broad SMARTS) is 1. The third-order valence-corrected chi connectivity index (χ3v) is 5.53. The van der Waals surface area contributed by atoms with Gasteiger partial charge in [0.2, 0.25) is 17.7 Å². The van der Waals surface area contributed by atoms with E-state index in [2.05, 4.69) is 0 Å². The molecule has 152 valence electrons. The molecule has 1 N–H and O–H groups in total. The minimum absolute atomic E-state index is 0.00399. The number of likely N-dealkylation sites (N-methyl/N-ethyl adjacent to an activating group) is 1. The monoisotopic (exact) mass is 381 g/mol. The van der Waals surface area contributed by atoms with E-state index >= 15 is 0 Å². The molecule has 0 aromatic heterocycles. The zero-order chi connectivity index (χ0) is 20.0. The molecule has 0 aromatic carbocycles. The Balaban J connectivity index is 1.83. The summed E-state index contributed by atoms with van der Waals surface area (Å²) in [5, 5.41) is 9.04. The Morgan fingerprint density at radius 1 is 0.963 bits per heavy atom. The first-order valence-corrected chi connectivity index (χ1v) is 9.86. The molecule has 8 heteroatoms. The summed E-state index contributed by atoms with van der Waals surface area (Å²) in [6.07, 6.45) is 3.74. The Kier molecular flexibility index (Phi) is 7.62. The molecule has 0 aliphatic carbocycles. The van der Waals surface area contributed by atoms with Crippen LogP contribution in [-0.4, -0.2) is 83.3 Å². The number of amides is 3. The fraction of sp³-hybridized carbons (Fsp3) is 0.789. The third-order valence-electron chi connectivity index (χ3n) is 5.53. The summed E-state index contributed by atoms with van der Waals surface area (Å²) in [7, 11) is 1.62. The van der Waals surface area contributed by atoms with Crippen LogP contribution >= 0.6 is 0 Å². The lowest BCUT2D eigenvalue weighted by atomic mass is 9.96. The number of carboxylic acids is 1. The van der Waals surface area contributed by atoms with Gasteiger partial charge in [0.05, 0.1) is 18.4 Å². The Bertz CT molecular complexity index is 572. The number of nitrogens with zero attached hydrogens (tertiary/aromatic N) is 3. The van der Waals surface area contributed by atoms with Crippen molar-refractivity contribution in [3.8, 4) is 0 Å². The summed E-state index contributed by atoms with van der Waals surface area (Å²) in [6, 6.07) is 0. The van der Waals surface area contributed by atoms with E-state index in [9.17, 15) is 19.2 Å². The quantitative estimate of drug-likeness (QED) is 0.734. The molecule has 0 bridgehead atoms. The maximum Gasteiger partial charge on any atom is 0.306 e. The van der Waals surface area contributed by atoms with Crippen molar-refractivity contribution >= 4 is 23.7 Å². The zero-order valence-corrected chi connectivity index (χ0v) is 16.4. The van der Waals surface area contributed by atoms with Crippen LogP contribution in [0.15, 0.2) is 0 Å². The van der Waals surface area contributed by atoms with E-state index < -0.39 is 5.97 Å². The fourth-order valence-corrected chi connectivity index (χ4v) is 3.85. The number of carbonyl (C=O) groups excluding carboxylic acids is 3. The van der Waals surface area contributed by atoms with Crippen LogP contribution in [-0.2, 0) is 19.2 Å². The molecule has 2 rings (SSSR count). The van der Waals surface area contributed by atoms with Crippen molar-refractivity contribution in [3.05, 3.63) is 0 Å². The largest absolute Gasteiger partial charge is 0.481 e. The predicted molar refractivity (Wildman–Crippen MR) is 98.8 cm³/mol. The number of likely N-dealkylation sites (tertiary alicyclic amines) is 2. The second-order valence-corrected chi connectivity index (χ2v) is 7.62. The molecule has 0 spiro atoms. The zero-order valence-electron chi connectivity index (χ0n) is 16.4. The Labute approximate surface area is 160 Å². The molecule has 2 fully saturated rings. The fourth-order valence-electron chi connectivity index (χ4n) is 3.85. The first-order chi connectivity index (χ1) is 12.8. The molecule has 2 saturated heterocycles. The highest BCUT2D eigenvalue weighted by atomic mass is 16.4. The van der Waals surface area contributed by atoms with E-state index in [-0.39, 0.29) is 36.1 Å². The van der Waals surface area contributed by atoms with Gasteiger partial charge in [0, 0.05) is 39.6 Å². The number of rotatable bonds is 6. The van der Waals surface area contributed by atoms with Crippen LogP contribution in [0.3, 0.4) is 0 Å². The number of aliphatic carboxylic acids is 1. The van der Waals surface area contributed by atoms with Gasteiger partial charge in [-0.3, -0.25) is 19.2 Å². The van der Waals surface area contributed by atoms with Crippen LogP contribution in [0.1, 0.15) is 45.4 Å². The summed E-state index contributed by atoms with van der Waals surface area (Å²) >= 11 is 0. The van der Waals surface area contributed by atoms with Crippen LogP contribution in [0, 0.1) is 11.8 Å². The van der Waals surface area contributed by atoms with E-state index in [1.54, 1.807) is 16.8 Å². The number of carbonyl (C=O) groups is 4. The average Bonchev–Trinajstić information content (AvgIpc) is 2.67. The van der Waals surface area contributed by atoms with E-state index in [1.807, 2.05) is 6.92 Å². The first kappa shape index (κ1) is 21.2. The highest BCUT2D eigenvalue weighted by molar-refractivity contribution is 5.86. The van der Waals surface area contributed by atoms with Crippen LogP contribution in [0.5, 0.6) is 0 Å². The van der Waals surface area contributed by atoms with Crippen molar-refractivity contribution in [2.45, 2.75) is 45.4 Å². The summed E-state index contributed by atoms with van der Waals surface area (Å²) in [6.45, 7) is 3.92. The third kappa shape index (κ3) is 5.68. The summed E-state index contributed by atoms with van der Waals surface area (Å²) in [5.41, 5.74) is 0. The van der Waals surface area contributed by atoms with Gasteiger partial charge in [-0.15, -0.1) is 0 Å². The molecule has 0 aromatic rings. The maximum atomic E-state index is 12.7. The second-order valence-electron chi connectivity index (χ2n) is 7.62. The van der Waals surface area contributed by atoms with Crippen molar-refractivity contribution in [2.24, 2.45) is 11.8 Å². The van der Waals surface area contributed by atoms with Gasteiger partial charge >= 0.3 is 5.97 Å². The molecular weight excluding hydrogens is 350 g/mol. The molecule has 1 atom stereocenters. The molecule has 0 saturated carbocycles. The van der Waals surface area contributed by atoms with Crippen molar-refractivity contribution in [3.63, 3.8) is 0 Å². The minimum atomic E-state index is -0.811. The van der Waals surface area contributed by atoms with Crippen LogP contribution < -0.4 is 0 Å². The topological polar surface area (TPSA) is 98.2 Å². The van der Waals surface area contributed by atoms with E-state index in [0.717, 1.165) is 19.3 Å². The number of hydrogen-bond donors (Lipinski definition) is 1. The van der Waals surface area contributed by atoms with Crippen molar-refractivity contribution < 1.29 is 24.3 Å². The van der Waals surface area contributed by atoms with Gasteiger partial charge in [0.25, 0.3) is 0 Å². The molecule has 2 aliphatic rings. The van der Waals surface area contributed by atoms with Crippen molar-refractivity contribution in [1.82, 2.24) is 14.7 Å². The molecule has 2 heterocycles. The molecule has 27 heavy (non-hydrogen) atoms. The summed E-state index contributed by atoms with van der Waals surface area (Å²) < 4.78 is 0. The van der Waals surface area contributed by atoms with Gasteiger partial charge < -0.3 is 19.8 Å². The highest BCUT2D eigenvalue weighted by Gasteiger charge is 2.32. The van der Waals surface area contributed by atoms with Crippen LogP contribution in [0.25, 0.3) is 0 Å². The van der Waals surface area contributed by atoms with E-state index in [4.69, 9.17) is 5.11 Å². The lowest BCUT2D eigenvalue weighted by Gasteiger charge is -2.35. The van der Waals surface area contributed by atoms with Crippen LogP contribution in [0.2, 0.25) is 0 Å². The molecule has 8 nitrogen and oxygen atoms in total. The Hall–Kier alpha value is -2.12. The van der Waals surface area contributed by atoms with Gasteiger partial charge in [-0.25, -0.2) is 0 Å². The van der Waals surface area contributed by atoms with Gasteiger partial charge in [0.15, 0.2) is 0 Å². The molecular formula is C19H31N3O5. The number of hydrogen-bond acceptors (Lipinski definition) is 4. The standard InChI is InChI=1S/C19H31N3O5/c1-3-5-16(23)22-9-4-6-15(12-22)18(25)20(2)13-17(24)21-10-7-14(8-11-21)19(26)27/h14-15H,3-13H2,1-2H3,(H,26,27). The normalized spacial score (nSPS) is 21.0. The van der Waals surface area contributed by atoms with Gasteiger partial charge in [-0.05, 0) is 32.1 Å². The predicted octanol–water partition coefficient (Wildman–Crippen LogP) is 0.807. The Morgan fingerprint density at radius 3 is 2.22 bits per heavy atom. The van der Waals surface area contributed by atoms with E-state index in [1.165, 1.54) is 4.90 Å². The lowest BCUT2D eigenvalue weighted by molar-refractivity contribution is -0.147. The first-order valence-electron chi connectivity index (χ1n) is 9.86. The van der Waals surface area contributed by atoms with E-state index in [0.29, 0.717) is 45.4 Å². The number of piperidine rings is 2. The van der Waals surface area contributed by atoms with Crippen molar-refractivity contribution in [1.29, 1.82) is 0 Å².